The lowest BCUT2D eigenvalue weighted by Gasteiger charge is -2.47. The SMILES string of the molecule is COC(=O)c1ccccc1C1(CN)CC(F)(F)C1. The van der Waals surface area contributed by atoms with Crippen LogP contribution in [0.25, 0.3) is 0 Å². The van der Waals surface area contributed by atoms with Crippen molar-refractivity contribution in [3.8, 4) is 0 Å². The van der Waals surface area contributed by atoms with Crippen LogP contribution in [-0.4, -0.2) is 25.5 Å². The van der Waals surface area contributed by atoms with Crippen LogP contribution in [0.5, 0.6) is 0 Å². The van der Waals surface area contributed by atoms with Gasteiger partial charge >= 0.3 is 5.97 Å². The molecular formula is C13H15F2NO2. The first-order valence-electron chi connectivity index (χ1n) is 5.70. The summed E-state index contributed by atoms with van der Waals surface area (Å²) in [5.41, 5.74) is 5.72. The van der Waals surface area contributed by atoms with Crippen LogP contribution in [-0.2, 0) is 10.2 Å². The fourth-order valence-corrected chi connectivity index (χ4v) is 2.62. The van der Waals surface area contributed by atoms with E-state index in [2.05, 4.69) is 4.74 Å². The van der Waals surface area contributed by atoms with Gasteiger partial charge in [0, 0.05) is 24.8 Å². The topological polar surface area (TPSA) is 52.3 Å². The van der Waals surface area contributed by atoms with Crippen molar-refractivity contribution in [2.45, 2.75) is 24.2 Å². The molecule has 1 aromatic carbocycles. The molecule has 0 aliphatic heterocycles. The molecule has 1 fully saturated rings. The molecule has 0 heterocycles. The van der Waals surface area contributed by atoms with Gasteiger partial charge in [0.05, 0.1) is 12.7 Å². The van der Waals surface area contributed by atoms with Crippen LogP contribution in [0, 0.1) is 0 Å². The van der Waals surface area contributed by atoms with Crippen molar-refractivity contribution in [2.24, 2.45) is 5.73 Å². The van der Waals surface area contributed by atoms with E-state index in [1.165, 1.54) is 7.11 Å². The summed E-state index contributed by atoms with van der Waals surface area (Å²) in [6.07, 6.45) is -0.630. The first kappa shape index (κ1) is 13.0. The van der Waals surface area contributed by atoms with Crippen molar-refractivity contribution in [3.63, 3.8) is 0 Å². The second-order valence-corrected chi connectivity index (χ2v) is 4.73. The number of rotatable bonds is 3. The van der Waals surface area contributed by atoms with Crippen LogP contribution in [0.4, 0.5) is 8.78 Å². The number of halogens is 2. The summed E-state index contributed by atoms with van der Waals surface area (Å²) in [6.45, 7) is 0.0938. The lowest BCUT2D eigenvalue weighted by molar-refractivity contribution is -0.124. The van der Waals surface area contributed by atoms with Gasteiger partial charge in [-0.15, -0.1) is 0 Å². The Bertz CT molecular complexity index is 466. The Labute approximate surface area is 104 Å². The predicted molar refractivity (Wildman–Crippen MR) is 62.7 cm³/mol. The summed E-state index contributed by atoms with van der Waals surface area (Å²) in [5, 5.41) is 0. The maximum atomic E-state index is 13.1. The zero-order valence-electron chi connectivity index (χ0n) is 10.1. The maximum absolute atomic E-state index is 13.1. The van der Waals surface area contributed by atoms with Crippen LogP contribution in [0.15, 0.2) is 24.3 Å². The molecule has 1 aliphatic carbocycles. The van der Waals surface area contributed by atoms with Gasteiger partial charge in [-0.25, -0.2) is 13.6 Å². The lowest BCUT2D eigenvalue weighted by atomic mass is 9.61. The molecule has 5 heteroatoms. The Balaban J connectivity index is 2.42. The molecule has 0 unspecified atom stereocenters. The summed E-state index contributed by atoms with van der Waals surface area (Å²) in [6, 6.07) is 6.65. The normalized spacial score (nSPS) is 20.0. The highest BCUT2D eigenvalue weighted by Crippen LogP contribution is 2.53. The fraction of sp³-hybridized carbons (Fsp3) is 0.462. The third-order valence-electron chi connectivity index (χ3n) is 3.49. The van der Waals surface area contributed by atoms with E-state index < -0.39 is 17.3 Å². The first-order chi connectivity index (χ1) is 8.44. The third kappa shape index (κ3) is 1.99. The number of methoxy groups -OCH3 is 1. The number of nitrogens with two attached hydrogens (primary N) is 1. The molecule has 1 aromatic rings. The molecule has 18 heavy (non-hydrogen) atoms. The van der Waals surface area contributed by atoms with Crippen molar-refractivity contribution in [1.29, 1.82) is 0 Å². The van der Waals surface area contributed by atoms with E-state index in [4.69, 9.17) is 5.73 Å². The zero-order chi connectivity index (χ0) is 13.4. The zero-order valence-corrected chi connectivity index (χ0v) is 10.1. The van der Waals surface area contributed by atoms with Crippen LogP contribution in [0.3, 0.4) is 0 Å². The average molecular weight is 255 g/mol. The molecule has 3 nitrogen and oxygen atoms in total. The molecule has 0 radical (unpaired) electrons. The molecule has 0 bridgehead atoms. The van der Waals surface area contributed by atoms with E-state index in [-0.39, 0.29) is 19.4 Å². The van der Waals surface area contributed by atoms with E-state index in [9.17, 15) is 13.6 Å². The quantitative estimate of drug-likeness (QED) is 0.841. The number of esters is 1. The summed E-state index contributed by atoms with van der Waals surface area (Å²) in [7, 11) is 1.27. The van der Waals surface area contributed by atoms with Crippen LogP contribution in [0.1, 0.15) is 28.8 Å². The highest BCUT2D eigenvalue weighted by atomic mass is 19.3. The number of hydrogen-bond acceptors (Lipinski definition) is 3. The minimum Gasteiger partial charge on any atom is -0.465 e. The molecule has 1 saturated carbocycles. The Morgan fingerprint density at radius 3 is 2.50 bits per heavy atom. The van der Waals surface area contributed by atoms with Crippen molar-refractivity contribution in [2.75, 3.05) is 13.7 Å². The van der Waals surface area contributed by atoms with E-state index in [1.807, 2.05) is 0 Å². The van der Waals surface area contributed by atoms with E-state index in [0.717, 1.165) is 0 Å². The molecule has 2 N–H and O–H groups in total. The number of ether oxygens (including phenoxy) is 1. The van der Waals surface area contributed by atoms with Crippen LogP contribution in [0.2, 0.25) is 0 Å². The fourth-order valence-electron chi connectivity index (χ4n) is 2.62. The van der Waals surface area contributed by atoms with Gasteiger partial charge in [-0.1, -0.05) is 18.2 Å². The Morgan fingerprint density at radius 2 is 2.00 bits per heavy atom. The average Bonchev–Trinajstić information content (AvgIpc) is 2.34. The van der Waals surface area contributed by atoms with Gasteiger partial charge in [0.2, 0.25) is 5.92 Å². The van der Waals surface area contributed by atoms with Gasteiger partial charge in [0.15, 0.2) is 0 Å². The largest absolute Gasteiger partial charge is 0.465 e. The molecule has 1 aliphatic rings. The Morgan fingerprint density at radius 1 is 1.39 bits per heavy atom. The minimum atomic E-state index is -2.69. The van der Waals surface area contributed by atoms with Gasteiger partial charge in [-0.05, 0) is 11.6 Å². The Kier molecular flexibility index (Phi) is 3.11. The van der Waals surface area contributed by atoms with E-state index >= 15 is 0 Å². The molecule has 2 rings (SSSR count). The number of hydrogen-bond donors (Lipinski definition) is 1. The van der Waals surface area contributed by atoms with Gasteiger partial charge in [-0.2, -0.15) is 0 Å². The molecule has 98 valence electrons. The molecule has 0 spiro atoms. The number of benzene rings is 1. The van der Waals surface area contributed by atoms with Crippen molar-refractivity contribution in [3.05, 3.63) is 35.4 Å². The van der Waals surface area contributed by atoms with Gasteiger partial charge in [-0.3, -0.25) is 0 Å². The van der Waals surface area contributed by atoms with Gasteiger partial charge in [0.25, 0.3) is 0 Å². The molecule has 0 atom stereocenters. The molecule has 0 aromatic heterocycles. The summed E-state index contributed by atoms with van der Waals surface area (Å²) in [4.78, 5) is 11.6. The molecule has 0 amide bonds. The number of carbonyl (C=O) groups excluding carboxylic acids is 1. The third-order valence-corrected chi connectivity index (χ3v) is 3.49. The van der Waals surface area contributed by atoms with Crippen LogP contribution >= 0.6 is 0 Å². The molecule has 0 saturated heterocycles. The predicted octanol–water partition coefficient (Wildman–Crippen LogP) is 2.10. The van der Waals surface area contributed by atoms with Gasteiger partial charge < -0.3 is 10.5 Å². The first-order valence-corrected chi connectivity index (χ1v) is 5.70. The molecular weight excluding hydrogens is 240 g/mol. The summed E-state index contributed by atoms with van der Waals surface area (Å²) < 4.78 is 31.0. The number of carbonyl (C=O) groups is 1. The minimum absolute atomic E-state index is 0.0938. The summed E-state index contributed by atoms with van der Waals surface area (Å²) in [5.74, 6) is -3.21. The standard InChI is InChI=1S/C13H15F2NO2/c1-18-11(17)9-4-2-3-5-10(9)12(8-16)6-13(14,15)7-12/h2-5H,6-8,16H2,1H3. The Hall–Kier alpha value is -1.49. The van der Waals surface area contributed by atoms with Crippen LogP contribution < -0.4 is 5.73 Å². The van der Waals surface area contributed by atoms with Gasteiger partial charge in [0.1, 0.15) is 0 Å². The monoisotopic (exact) mass is 255 g/mol. The highest BCUT2D eigenvalue weighted by Gasteiger charge is 2.57. The highest BCUT2D eigenvalue weighted by molar-refractivity contribution is 5.91. The second kappa shape index (κ2) is 4.31. The van der Waals surface area contributed by atoms with E-state index in [0.29, 0.717) is 11.1 Å². The van der Waals surface area contributed by atoms with E-state index in [1.54, 1.807) is 24.3 Å². The van der Waals surface area contributed by atoms with Crippen molar-refractivity contribution >= 4 is 5.97 Å². The van der Waals surface area contributed by atoms with Crippen molar-refractivity contribution in [1.82, 2.24) is 0 Å². The maximum Gasteiger partial charge on any atom is 0.338 e. The summed E-state index contributed by atoms with van der Waals surface area (Å²) >= 11 is 0. The number of alkyl halides is 2. The second-order valence-electron chi connectivity index (χ2n) is 4.73. The lowest BCUT2D eigenvalue weighted by Crippen LogP contribution is -2.54. The smallest absolute Gasteiger partial charge is 0.338 e. The van der Waals surface area contributed by atoms with Crippen molar-refractivity contribution < 1.29 is 18.3 Å².